The summed E-state index contributed by atoms with van der Waals surface area (Å²) in [6, 6.07) is 8.58. The van der Waals surface area contributed by atoms with Gasteiger partial charge in [-0.1, -0.05) is 23.7 Å². The van der Waals surface area contributed by atoms with E-state index in [9.17, 15) is 0 Å². The van der Waals surface area contributed by atoms with Gasteiger partial charge in [0.1, 0.15) is 0 Å². The number of halogens is 1. The van der Waals surface area contributed by atoms with Crippen molar-refractivity contribution in [3.05, 3.63) is 34.9 Å². The Bertz CT molecular complexity index is 462. The zero-order valence-electron chi connectivity index (χ0n) is 12.7. The van der Waals surface area contributed by atoms with E-state index in [2.05, 4.69) is 23.2 Å². The molecule has 2 fully saturated rings. The molecule has 0 bridgehead atoms. The van der Waals surface area contributed by atoms with Gasteiger partial charge >= 0.3 is 0 Å². The molecule has 3 nitrogen and oxygen atoms in total. The number of nitrogens with zero attached hydrogens (tertiary/aromatic N) is 1. The fraction of sp³-hybridized carbons (Fsp3) is 0.647. The van der Waals surface area contributed by atoms with Crippen LogP contribution in [-0.4, -0.2) is 43.7 Å². The number of morpholine rings is 1. The number of ether oxygens (including phenoxy) is 1. The molecule has 3 unspecified atom stereocenters. The Hall–Kier alpha value is -0.610. The Kier molecular flexibility index (Phi) is 5.17. The van der Waals surface area contributed by atoms with Crippen molar-refractivity contribution in [2.24, 2.45) is 5.92 Å². The minimum atomic E-state index is 0.149. The second-order valence-corrected chi connectivity index (χ2v) is 6.83. The van der Waals surface area contributed by atoms with Gasteiger partial charge in [0.2, 0.25) is 0 Å². The number of rotatable bonds is 3. The molecule has 1 aromatic carbocycles. The van der Waals surface area contributed by atoms with Crippen molar-refractivity contribution in [3.63, 3.8) is 0 Å². The van der Waals surface area contributed by atoms with E-state index in [-0.39, 0.29) is 6.10 Å². The summed E-state index contributed by atoms with van der Waals surface area (Å²) >= 11 is 6.11. The molecule has 2 heterocycles. The molecule has 3 rings (SSSR count). The summed E-state index contributed by atoms with van der Waals surface area (Å²) in [7, 11) is 0. The molecule has 3 atom stereocenters. The van der Waals surface area contributed by atoms with Crippen LogP contribution < -0.4 is 5.32 Å². The summed E-state index contributed by atoms with van der Waals surface area (Å²) in [4.78, 5) is 2.59. The number of nitrogens with one attached hydrogen (secondary N) is 1. The van der Waals surface area contributed by atoms with Crippen molar-refractivity contribution in [1.29, 1.82) is 0 Å². The topological polar surface area (TPSA) is 24.5 Å². The van der Waals surface area contributed by atoms with Crippen molar-refractivity contribution in [2.75, 3.05) is 32.8 Å². The van der Waals surface area contributed by atoms with Gasteiger partial charge in [0.15, 0.2) is 0 Å². The highest BCUT2D eigenvalue weighted by Crippen LogP contribution is 2.27. The largest absolute Gasteiger partial charge is 0.371 e. The predicted octanol–water partition coefficient (Wildman–Crippen LogP) is 3.10. The molecular weight excluding hydrogens is 284 g/mol. The molecule has 2 saturated heterocycles. The van der Waals surface area contributed by atoms with Crippen LogP contribution in [0, 0.1) is 5.92 Å². The molecule has 4 heteroatoms. The third-order valence-corrected chi connectivity index (χ3v) is 4.91. The lowest BCUT2D eigenvalue weighted by Crippen LogP contribution is -2.48. The van der Waals surface area contributed by atoms with Crippen LogP contribution in [-0.2, 0) is 4.74 Å². The van der Waals surface area contributed by atoms with Gasteiger partial charge < -0.3 is 10.1 Å². The van der Waals surface area contributed by atoms with Crippen LogP contribution >= 0.6 is 11.6 Å². The zero-order valence-corrected chi connectivity index (χ0v) is 13.5. The number of piperidine rings is 1. The Balaban J connectivity index is 1.63. The van der Waals surface area contributed by atoms with Gasteiger partial charge in [0.25, 0.3) is 0 Å². The molecule has 0 saturated carbocycles. The maximum absolute atomic E-state index is 6.11. The highest BCUT2D eigenvalue weighted by Gasteiger charge is 2.29. The maximum atomic E-state index is 6.11. The standard InChI is InChI=1S/C17H25ClN2O/c1-13-12-21-17(15-5-2-6-16(18)8-15)11-20(13)10-14-4-3-7-19-9-14/h2,5-6,8,13-14,17,19H,3-4,7,9-12H2,1H3. The van der Waals surface area contributed by atoms with E-state index in [4.69, 9.17) is 16.3 Å². The number of hydrogen-bond donors (Lipinski definition) is 1. The summed E-state index contributed by atoms with van der Waals surface area (Å²) in [6.45, 7) is 7.56. The summed E-state index contributed by atoms with van der Waals surface area (Å²) in [5.74, 6) is 0.777. The smallest absolute Gasteiger partial charge is 0.0953 e. The monoisotopic (exact) mass is 308 g/mol. The molecule has 0 aliphatic carbocycles. The fourth-order valence-corrected chi connectivity index (χ4v) is 3.58. The highest BCUT2D eigenvalue weighted by atomic mass is 35.5. The van der Waals surface area contributed by atoms with Crippen LogP contribution in [0.3, 0.4) is 0 Å². The van der Waals surface area contributed by atoms with Crippen LogP contribution in [0.4, 0.5) is 0 Å². The first-order valence-electron chi connectivity index (χ1n) is 8.04. The van der Waals surface area contributed by atoms with Crippen molar-refractivity contribution in [3.8, 4) is 0 Å². The summed E-state index contributed by atoms with van der Waals surface area (Å²) in [6.07, 6.45) is 2.80. The van der Waals surface area contributed by atoms with Crippen LogP contribution in [0.2, 0.25) is 5.02 Å². The van der Waals surface area contributed by atoms with Crippen LogP contribution in [0.1, 0.15) is 31.4 Å². The lowest BCUT2D eigenvalue weighted by Gasteiger charge is -2.40. The van der Waals surface area contributed by atoms with Crippen molar-refractivity contribution >= 4 is 11.6 Å². The third-order valence-electron chi connectivity index (χ3n) is 4.67. The van der Waals surface area contributed by atoms with Gasteiger partial charge in [-0.2, -0.15) is 0 Å². The molecule has 2 aliphatic rings. The molecule has 0 spiro atoms. The van der Waals surface area contributed by atoms with E-state index in [1.54, 1.807) is 0 Å². The first kappa shape index (κ1) is 15.3. The normalized spacial score (nSPS) is 31.2. The summed E-state index contributed by atoms with van der Waals surface area (Å²) in [5.41, 5.74) is 1.20. The van der Waals surface area contributed by atoms with Crippen molar-refractivity contribution < 1.29 is 4.74 Å². The van der Waals surface area contributed by atoms with E-state index in [0.717, 1.165) is 30.6 Å². The second kappa shape index (κ2) is 7.10. The Labute approximate surface area is 132 Å². The quantitative estimate of drug-likeness (QED) is 0.928. The first-order chi connectivity index (χ1) is 10.2. The fourth-order valence-electron chi connectivity index (χ4n) is 3.38. The minimum Gasteiger partial charge on any atom is -0.371 e. The molecule has 1 N–H and O–H groups in total. The van der Waals surface area contributed by atoms with Crippen LogP contribution in [0.25, 0.3) is 0 Å². The molecule has 1 aromatic rings. The van der Waals surface area contributed by atoms with Crippen LogP contribution in [0.5, 0.6) is 0 Å². The Morgan fingerprint density at radius 3 is 3.10 bits per heavy atom. The van der Waals surface area contributed by atoms with Gasteiger partial charge in [0, 0.05) is 24.2 Å². The van der Waals surface area contributed by atoms with Crippen molar-refractivity contribution in [2.45, 2.75) is 31.9 Å². The molecule has 0 radical (unpaired) electrons. The number of hydrogen-bond acceptors (Lipinski definition) is 3. The molecule has 2 aliphatic heterocycles. The second-order valence-electron chi connectivity index (χ2n) is 6.39. The van der Waals surface area contributed by atoms with Gasteiger partial charge in [0.05, 0.1) is 12.7 Å². The lowest BCUT2D eigenvalue weighted by molar-refractivity contribution is -0.0653. The van der Waals surface area contributed by atoms with E-state index < -0.39 is 0 Å². The van der Waals surface area contributed by atoms with Gasteiger partial charge in [-0.15, -0.1) is 0 Å². The van der Waals surface area contributed by atoms with E-state index in [1.807, 2.05) is 18.2 Å². The van der Waals surface area contributed by atoms with E-state index >= 15 is 0 Å². The summed E-state index contributed by atoms with van der Waals surface area (Å²) < 4.78 is 6.03. The molecule has 116 valence electrons. The highest BCUT2D eigenvalue weighted by molar-refractivity contribution is 6.30. The van der Waals surface area contributed by atoms with Crippen LogP contribution in [0.15, 0.2) is 24.3 Å². The predicted molar refractivity (Wildman–Crippen MR) is 86.8 cm³/mol. The average Bonchev–Trinajstić information content (AvgIpc) is 2.50. The van der Waals surface area contributed by atoms with Crippen molar-refractivity contribution in [1.82, 2.24) is 10.2 Å². The SMILES string of the molecule is CC1COC(c2cccc(Cl)c2)CN1CC1CCCNC1. The third kappa shape index (κ3) is 3.98. The average molecular weight is 309 g/mol. The first-order valence-corrected chi connectivity index (χ1v) is 8.42. The molecule has 0 aromatic heterocycles. The van der Waals surface area contributed by atoms with Gasteiger partial charge in [-0.3, -0.25) is 4.90 Å². The lowest BCUT2D eigenvalue weighted by atomic mass is 9.97. The molecular formula is C17H25ClN2O. The van der Waals surface area contributed by atoms with E-state index in [0.29, 0.717) is 6.04 Å². The maximum Gasteiger partial charge on any atom is 0.0953 e. The van der Waals surface area contributed by atoms with E-state index in [1.165, 1.54) is 31.5 Å². The Morgan fingerprint density at radius 2 is 2.33 bits per heavy atom. The minimum absolute atomic E-state index is 0.149. The molecule has 0 amide bonds. The Morgan fingerprint density at radius 1 is 1.43 bits per heavy atom. The number of benzene rings is 1. The molecule has 21 heavy (non-hydrogen) atoms. The summed E-state index contributed by atoms with van der Waals surface area (Å²) in [5, 5.41) is 4.30. The zero-order chi connectivity index (χ0) is 14.7. The van der Waals surface area contributed by atoms with Gasteiger partial charge in [-0.25, -0.2) is 0 Å². The van der Waals surface area contributed by atoms with Gasteiger partial charge in [-0.05, 0) is 56.5 Å².